The molecular weight excluding hydrogens is 186 g/mol. The van der Waals surface area contributed by atoms with Crippen LogP contribution < -0.4 is 10.1 Å². The van der Waals surface area contributed by atoms with E-state index in [0.717, 1.165) is 18.0 Å². The predicted octanol–water partition coefficient (Wildman–Crippen LogP) is 3.17. The van der Waals surface area contributed by atoms with Gasteiger partial charge in [-0.1, -0.05) is 11.6 Å². The molecule has 0 radical (unpaired) electrons. The van der Waals surface area contributed by atoms with Gasteiger partial charge in [0.2, 0.25) is 0 Å². The van der Waals surface area contributed by atoms with E-state index in [0.29, 0.717) is 11.6 Å². The van der Waals surface area contributed by atoms with Crippen molar-refractivity contribution in [3.8, 4) is 5.75 Å². The molecule has 0 saturated carbocycles. The van der Waals surface area contributed by atoms with E-state index in [1.165, 1.54) is 0 Å². The summed E-state index contributed by atoms with van der Waals surface area (Å²) in [6.45, 7) is 5.52. The van der Waals surface area contributed by atoms with Crippen molar-refractivity contribution < 1.29 is 4.74 Å². The molecule has 0 saturated heterocycles. The fraction of sp³-hybridized carbons (Fsp3) is 0.400. The van der Waals surface area contributed by atoms with Crippen molar-refractivity contribution in [3.05, 3.63) is 23.2 Å². The molecule has 2 nitrogen and oxygen atoms in total. The third kappa shape index (κ3) is 2.81. The van der Waals surface area contributed by atoms with Crippen molar-refractivity contribution >= 4 is 17.3 Å². The normalized spacial score (nSPS) is 9.77. The topological polar surface area (TPSA) is 21.3 Å². The highest BCUT2D eigenvalue weighted by Gasteiger charge is 2.00. The Hall–Kier alpha value is -0.890. The average Bonchev–Trinajstić information content (AvgIpc) is 2.10. The number of hydrogen-bond acceptors (Lipinski definition) is 2. The maximum atomic E-state index is 6.00. The van der Waals surface area contributed by atoms with E-state index >= 15 is 0 Å². The molecule has 1 N–H and O–H groups in total. The number of hydrogen-bond donors (Lipinski definition) is 1. The zero-order valence-corrected chi connectivity index (χ0v) is 8.69. The predicted molar refractivity (Wildman–Crippen MR) is 56.8 cm³/mol. The number of halogens is 1. The molecule has 0 aliphatic carbocycles. The molecule has 0 aliphatic rings. The maximum absolute atomic E-state index is 6.00. The molecule has 1 rings (SSSR count). The van der Waals surface area contributed by atoms with E-state index in [-0.39, 0.29) is 0 Å². The first-order chi connectivity index (χ1) is 6.27. The van der Waals surface area contributed by atoms with Crippen molar-refractivity contribution in [2.24, 2.45) is 0 Å². The Morgan fingerprint density at radius 3 is 2.69 bits per heavy atom. The second kappa shape index (κ2) is 4.97. The van der Waals surface area contributed by atoms with Crippen molar-refractivity contribution in [1.82, 2.24) is 0 Å². The summed E-state index contributed by atoms with van der Waals surface area (Å²) in [5.74, 6) is 0.814. The maximum Gasteiger partial charge on any atom is 0.120 e. The summed E-state index contributed by atoms with van der Waals surface area (Å²) in [7, 11) is 0. The van der Waals surface area contributed by atoms with E-state index in [2.05, 4.69) is 5.32 Å². The Morgan fingerprint density at radius 2 is 2.15 bits per heavy atom. The van der Waals surface area contributed by atoms with E-state index in [1.807, 2.05) is 32.0 Å². The molecule has 0 heterocycles. The Kier molecular flexibility index (Phi) is 3.90. The van der Waals surface area contributed by atoms with Gasteiger partial charge in [0.05, 0.1) is 17.3 Å². The Labute approximate surface area is 83.9 Å². The highest BCUT2D eigenvalue weighted by Crippen LogP contribution is 2.26. The van der Waals surface area contributed by atoms with Crippen LogP contribution in [-0.4, -0.2) is 13.2 Å². The van der Waals surface area contributed by atoms with Gasteiger partial charge in [-0.25, -0.2) is 0 Å². The minimum atomic E-state index is 0.664. The minimum Gasteiger partial charge on any atom is -0.494 e. The molecule has 0 amide bonds. The number of benzene rings is 1. The monoisotopic (exact) mass is 199 g/mol. The van der Waals surface area contributed by atoms with E-state index < -0.39 is 0 Å². The lowest BCUT2D eigenvalue weighted by Gasteiger charge is -2.08. The summed E-state index contributed by atoms with van der Waals surface area (Å²) in [4.78, 5) is 0. The molecule has 0 unspecified atom stereocenters. The molecule has 0 fully saturated rings. The molecule has 1 aromatic rings. The second-order valence-electron chi connectivity index (χ2n) is 2.60. The Morgan fingerprint density at radius 1 is 1.38 bits per heavy atom. The summed E-state index contributed by atoms with van der Waals surface area (Å²) < 4.78 is 5.31. The Bertz CT molecular complexity index is 276. The van der Waals surface area contributed by atoms with Gasteiger partial charge in [0.25, 0.3) is 0 Å². The fourth-order valence-corrected chi connectivity index (χ4v) is 1.32. The van der Waals surface area contributed by atoms with Crippen LogP contribution in [0.2, 0.25) is 5.02 Å². The third-order valence-corrected chi connectivity index (χ3v) is 1.93. The lowest BCUT2D eigenvalue weighted by Crippen LogP contribution is -1.97. The van der Waals surface area contributed by atoms with Crippen LogP contribution in [0, 0.1) is 0 Å². The van der Waals surface area contributed by atoms with Crippen LogP contribution in [0.1, 0.15) is 13.8 Å². The van der Waals surface area contributed by atoms with Gasteiger partial charge in [0.15, 0.2) is 0 Å². The van der Waals surface area contributed by atoms with Gasteiger partial charge >= 0.3 is 0 Å². The highest BCUT2D eigenvalue weighted by atomic mass is 35.5. The van der Waals surface area contributed by atoms with E-state index in [4.69, 9.17) is 16.3 Å². The van der Waals surface area contributed by atoms with Crippen molar-refractivity contribution in [2.45, 2.75) is 13.8 Å². The second-order valence-corrected chi connectivity index (χ2v) is 3.01. The lowest BCUT2D eigenvalue weighted by molar-refractivity contribution is 0.340. The smallest absolute Gasteiger partial charge is 0.120 e. The molecule has 0 atom stereocenters. The summed E-state index contributed by atoms with van der Waals surface area (Å²) >= 11 is 6.00. The van der Waals surface area contributed by atoms with Gasteiger partial charge in [-0.3, -0.25) is 0 Å². The summed E-state index contributed by atoms with van der Waals surface area (Å²) in [5.41, 5.74) is 0.951. The van der Waals surface area contributed by atoms with Crippen molar-refractivity contribution in [1.29, 1.82) is 0 Å². The summed E-state index contributed by atoms with van der Waals surface area (Å²) in [5, 5.41) is 3.86. The molecule has 3 heteroatoms. The first-order valence-corrected chi connectivity index (χ1v) is 4.82. The van der Waals surface area contributed by atoms with Crippen molar-refractivity contribution in [2.75, 3.05) is 18.5 Å². The molecule has 1 aromatic carbocycles. The van der Waals surface area contributed by atoms with Crippen LogP contribution in [0.25, 0.3) is 0 Å². The standard InChI is InChI=1S/C10H14ClNO/c1-3-12-10-6-5-8(13-4-2)7-9(10)11/h5-7,12H,3-4H2,1-2H3. The first-order valence-electron chi connectivity index (χ1n) is 4.44. The van der Waals surface area contributed by atoms with Crippen LogP contribution in [0.4, 0.5) is 5.69 Å². The SMILES string of the molecule is CCNc1ccc(OCC)cc1Cl. The molecule has 0 bridgehead atoms. The zero-order valence-electron chi connectivity index (χ0n) is 7.93. The number of rotatable bonds is 4. The van der Waals surface area contributed by atoms with Crippen molar-refractivity contribution in [3.63, 3.8) is 0 Å². The average molecular weight is 200 g/mol. The summed E-state index contributed by atoms with van der Waals surface area (Å²) in [6, 6.07) is 5.66. The molecular formula is C10H14ClNO. The molecule has 0 aromatic heterocycles. The van der Waals surface area contributed by atoms with Crippen LogP contribution in [0.3, 0.4) is 0 Å². The van der Waals surface area contributed by atoms with Crippen LogP contribution in [0.5, 0.6) is 5.75 Å². The van der Waals surface area contributed by atoms with Gasteiger partial charge < -0.3 is 10.1 Å². The number of ether oxygens (including phenoxy) is 1. The molecule has 72 valence electrons. The fourth-order valence-electron chi connectivity index (χ4n) is 1.09. The number of nitrogens with one attached hydrogen (secondary N) is 1. The Balaban J connectivity index is 2.79. The van der Waals surface area contributed by atoms with Gasteiger partial charge in [-0.05, 0) is 26.0 Å². The molecule has 0 spiro atoms. The minimum absolute atomic E-state index is 0.664. The van der Waals surface area contributed by atoms with Gasteiger partial charge in [0.1, 0.15) is 5.75 Å². The zero-order chi connectivity index (χ0) is 9.68. The van der Waals surface area contributed by atoms with Crippen LogP contribution in [-0.2, 0) is 0 Å². The van der Waals surface area contributed by atoms with Crippen LogP contribution >= 0.6 is 11.6 Å². The van der Waals surface area contributed by atoms with Gasteiger partial charge in [-0.2, -0.15) is 0 Å². The summed E-state index contributed by atoms with van der Waals surface area (Å²) in [6.07, 6.45) is 0. The largest absolute Gasteiger partial charge is 0.494 e. The molecule has 13 heavy (non-hydrogen) atoms. The first kappa shape index (κ1) is 10.2. The van der Waals surface area contributed by atoms with E-state index in [1.54, 1.807) is 0 Å². The number of anilines is 1. The van der Waals surface area contributed by atoms with E-state index in [9.17, 15) is 0 Å². The lowest BCUT2D eigenvalue weighted by atomic mass is 10.3. The van der Waals surface area contributed by atoms with Gasteiger partial charge in [0, 0.05) is 12.6 Å². The van der Waals surface area contributed by atoms with Gasteiger partial charge in [-0.15, -0.1) is 0 Å². The quantitative estimate of drug-likeness (QED) is 0.805. The molecule has 0 aliphatic heterocycles. The third-order valence-electron chi connectivity index (χ3n) is 1.62. The van der Waals surface area contributed by atoms with Crippen LogP contribution in [0.15, 0.2) is 18.2 Å². The highest BCUT2D eigenvalue weighted by molar-refractivity contribution is 6.33.